The van der Waals surface area contributed by atoms with Gasteiger partial charge in [0.1, 0.15) is 0 Å². The van der Waals surface area contributed by atoms with Gasteiger partial charge in [0.05, 0.1) is 6.54 Å². The Kier molecular flexibility index (Phi) is 3.64. The fourth-order valence-corrected chi connectivity index (χ4v) is 1.99. The maximum absolute atomic E-state index is 12.0. The quantitative estimate of drug-likeness (QED) is 0.706. The summed E-state index contributed by atoms with van der Waals surface area (Å²) >= 11 is 0. The summed E-state index contributed by atoms with van der Waals surface area (Å²) in [5, 5.41) is 0. The van der Waals surface area contributed by atoms with Gasteiger partial charge in [-0.2, -0.15) is 0 Å². The van der Waals surface area contributed by atoms with Crippen LogP contribution in [0.15, 0.2) is 12.1 Å². The van der Waals surface area contributed by atoms with Crippen molar-refractivity contribution < 1.29 is 4.79 Å². The number of ketones is 1. The van der Waals surface area contributed by atoms with E-state index in [2.05, 4.69) is 19.1 Å². The molecule has 0 heterocycles. The molecule has 0 aromatic heterocycles. The summed E-state index contributed by atoms with van der Waals surface area (Å²) in [6.07, 6.45) is 0. The van der Waals surface area contributed by atoms with Crippen molar-refractivity contribution in [3.05, 3.63) is 34.4 Å². The minimum absolute atomic E-state index is 0.204. The Morgan fingerprint density at radius 2 is 1.60 bits per heavy atom. The van der Waals surface area contributed by atoms with Crippen LogP contribution in [-0.4, -0.2) is 31.3 Å². The van der Waals surface area contributed by atoms with Gasteiger partial charge in [0.15, 0.2) is 5.78 Å². The molecule has 0 unspecified atom stereocenters. The van der Waals surface area contributed by atoms with E-state index < -0.39 is 0 Å². The predicted octanol–water partition coefficient (Wildman–Crippen LogP) is 2.36. The molecule has 0 spiro atoms. The van der Waals surface area contributed by atoms with Gasteiger partial charge < -0.3 is 4.90 Å². The Morgan fingerprint density at radius 3 is 2.00 bits per heavy atom. The van der Waals surface area contributed by atoms with Crippen LogP contribution < -0.4 is 0 Å². The Hall–Kier alpha value is -1.15. The second kappa shape index (κ2) is 4.58. The first kappa shape index (κ1) is 11.9. The lowest BCUT2D eigenvalue weighted by Gasteiger charge is -2.13. The fraction of sp³-hybridized carbons (Fsp3) is 0.462. The Morgan fingerprint density at radius 1 is 1.13 bits per heavy atom. The molecule has 0 aliphatic rings. The van der Waals surface area contributed by atoms with Crippen molar-refractivity contribution in [1.82, 2.24) is 4.90 Å². The fourth-order valence-electron chi connectivity index (χ4n) is 1.99. The maximum atomic E-state index is 12.0. The van der Waals surface area contributed by atoms with E-state index in [9.17, 15) is 4.79 Å². The average molecular weight is 205 g/mol. The first-order chi connectivity index (χ1) is 6.91. The van der Waals surface area contributed by atoms with Crippen LogP contribution in [0.3, 0.4) is 0 Å². The van der Waals surface area contributed by atoms with Gasteiger partial charge in [-0.1, -0.05) is 17.7 Å². The number of carbonyl (C=O) groups is 1. The van der Waals surface area contributed by atoms with Crippen molar-refractivity contribution >= 4 is 5.78 Å². The smallest absolute Gasteiger partial charge is 0.177 e. The van der Waals surface area contributed by atoms with Crippen LogP contribution >= 0.6 is 0 Å². The van der Waals surface area contributed by atoms with Crippen molar-refractivity contribution in [2.45, 2.75) is 20.8 Å². The Bertz CT molecular complexity index is 357. The van der Waals surface area contributed by atoms with E-state index in [1.165, 1.54) is 5.56 Å². The van der Waals surface area contributed by atoms with Gasteiger partial charge in [-0.25, -0.2) is 0 Å². The Labute approximate surface area is 91.9 Å². The van der Waals surface area contributed by atoms with Crippen molar-refractivity contribution in [1.29, 1.82) is 0 Å². The lowest BCUT2D eigenvalue weighted by molar-refractivity contribution is 0.0956. The van der Waals surface area contributed by atoms with Gasteiger partial charge in [-0.3, -0.25) is 4.79 Å². The van der Waals surface area contributed by atoms with Crippen molar-refractivity contribution in [2.75, 3.05) is 20.6 Å². The number of Topliss-reactive ketones (excluding diaryl/α,β-unsaturated/α-hetero) is 1. The number of hydrogen-bond donors (Lipinski definition) is 0. The van der Waals surface area contributed by atoms with Gasteiger partial charge in [0.2, 0.25) is 0 Å². The van der Waals surface area contributed by atoms with E-state index in [0.29, 0.717) is 6.54 Å². The van der Waals surface area contributed by atoms with E-state index in [4.69, 9.17) is 0 Å². The van der Waals surface area contributed by atoms with Crippen molar-refractivity contribution in [2.24, 2.45) is 0 Å². The second-order valence-corrected chi connectivity index (χ2v) is 4.43. The summed E-state index contributed by atoms with van der Waals surface area (Å²) in [5.41, 5.74) is 4.26. The highest BCUT2D eigenvalue weighted by atomic mass is 16.1. The van der Waals surface area contributed by atoms with Crippen LogP contribution in [0.1, 0.15) is 27.0 Å². The molecule has 2 nitrogen and oxygen atoms in total. The molecule has 0 saturated carbocycles. The van der Waals surface area contributed by atoms with Crippen LogP contribution in [0.25, 0.3) is 0 Å². The molecule has 0 aliphatic heterocycles. The van der Waals surface area contributed by atoms with Crippen molar-refractivity contribution in [3.63, 3.8) is 0 Å². The molecule has 15 heavy (non-hydrogen) atoms. The van der Waals surface area contributed by atoms with E-state index >= 15 is 0 Å². The highest BCUT2D eigenvalue weighted by molar-refractivity contribution is 6.00. The molecule has 2 heteroatoms. The summed E-state index contributed by atoms with van der Waals surface area (Å²) < 4.78 is 0. The molecule has 0 atom stereocenters. The minimum atomic E-state index is 0.204. The average Bonchev–Trinajstić information content (AvgIpc) is 1.99. The molecule has 0 aliphatic carbocycles. The minimum Gasteiger partial charge on any atom is -0.302 e. The molecule has 1 aromatic carbocycles. The number of nitrogens with zero attached hydrogens (tertiary/aromatic N) is 1. The lowest BCUT2D eigenvalue weighted by atomic mass is 9.96. The number of carbonyl (C=O) groups excluding carboxylic acids is 1. The van der Waals surface area contributed by atoms with Gasteiger partial charge in [-0.15, -0.1) is 0 Å². The number of benzene rings is 1. The third-order valence-electron chi connectivity index (χ3n) is 2.42. The van der Waals surface area contributed by atoms with Gasteiger partial charge >= 0.3 is 0 Å². The summed E-state index contributed by atoms with van der Waals surface area (Å²) in [7, 11) is 3.83. The van der Waals surface area contributed by atoms with E-state index in [-0.39, 0.29) is 5.78 Å². The number of likely N-dealkylation sites (N-methyl/N-ethyl adjacent to an activating group) is 1. The highest BCUT2D eigenvalue weighted by Gasteiger charge is 2.13. The standard InChI is InChI=1S/C13H19NO/c1-9-6-10(2)13(11(3)7-9)12(15)8-14(4)5/h6-7H,8H2,1-5H3. The summed E-state index contributed by atoms with van der Waals surface area (Å²) in [5.74, 6) is 0.204. The first-order valence-corrected chi connectivity index (χ1v) is 5.17. The molecular formula is C13H19NO. The third kappa shape index (κ3) is 2.90. The molecule has 1 rings (SSSR count). The first-order valence-electron chi connectivity index (χ1n) is 5.17. The van der Waals surface area contributed by atoms with Crippen LogP contribution in [0.4, 0.5) is 0 Å². The van der Waals surface area contributed by atoms with E-state index in [0.717, 1.165) is 16.7 Å². The topological polar surface area (TPSA) is 20.3 Å². The van der Waals surface area contributed by atoms with E-state index in [1.807, 2.05) is 32.8 Å². The molecule has 82 valence electrons. The normalized spacial score (nSPS) is 10.8. The summed E-state index contributed by atoms with van der Waals surface area (Å²) in [6.45, 7) is 6.54. The zero-order valence-corrected chi connectivity index (χ0v) is 10.2. The largest absolute Gasteiger partial charge is 0.302 e. The number of hydrogen-bond acceptors (Lipinski definition) is 2. The third-order valence-corrected chi connectivity index (χ3v) is 2.42. The van der Waals surface area contributed by atoms with E-state index in [1.54, 1.807) is 0 Å². The molecule has 1 aromatic rings. The maximum Gasteiger partial charge on any atom is 0.177 e. The zero-order valence-electron chi connectivity index (χ0n) is 10.2. The number of rotatable bonds is 3. The highest BCUT2D eigenvalue weighted by Crippen LogP contribution is 2.17. The molecule has 0 N–H and O–H groups in total. The van der Waals surface area contributed by atoms with Crippen LogP contribution in [0.2, 0.25) is 0 Å². The summed E-state index contributed by atoms with van der Waals surface area (Å²) in [6, 6.07) is 4.13. The molecule has 0 amide bonds. The second-order valence-electron chi connectivity index (χ2n) is 4.43. The number of aryl methyl sites for hydroxylation is 3. The summed E-state index contributed by atoms with van der Waals surface area (Å²) in [4.78, 5) is 13.9. The van der Waals surface area contributed by atoms with Crippen LogP contribution in [-0.2, 0) is 0 Å². The van der Waals surface area contributed by atoms with Gasteiger partial charge in [-0.05, 0) is 46.0 Å². The SMILES string of the molecule is Cc1cc(C)c(C(=O)CN(C)C)c(C)c1. The molecular weight excluding hydrogens is 186 g/mol. The van der Waals surface area contributed by atoms with Crippen LogP contribution in [0, 0.1) is 20.8 Å². The van der Waals surface area contributed by atoms with Crippen molar-refractivity contribution in [3.8, 4) is 0 Å². The van der Waals surface area contributed by atoms with Crippen LogP contribution in [0.5, 0.6) is 0 Å². The molecule has 0 saturated heterocycles. The molecule has 0 fully saturated rings. The Balaban J connectivity index is 3.09. The van der Waals surface area contributed by atoms with Gasteiger partial charge in [0, 0.05) is 5.56 Å². The van der Waals surface area contributed by atoms with Gasteiger partial charge in [0.25, 0.3) is 0 Å². The zero-order chi connectivity index (χ0) is 11.6. The molecule has 0 radical (unpaired) electrons. The lowest BCUT2D eigenvalue weighted by Crippen LogP contribution is -2.23. The monoisotopic (exact) mass is 205 g/mol. The molecule has 0 bridgehead atoms. The predicted molar refractivity (Wildman–Crippen MR) is 63.5 cm³/mol.